The number of esters is 2. The second-order valence-corrected chi connectivity index (χ2v) is 15.6. The number of ketones is 1. The van der Waals surface area contributed by atoms with Crippen LogP contribution < -0.4 is 0 Å². The Kier molecular flexibility index (Phi) is 6.71. The maximum Gasteiger partial charge on any atom is 0.302 e. The highest BCUT2D eigenvalue weighted by Crippen LogP contribution is 2.77. The largest absolute Gasteiger partial charge is 0.465 e. The number of ether oxygens (including phenoxy) is 2. The molecule has 5 aliphatic rings. The van der Waals surface area contributed by atoms with E-state index in [0.717, 1.165) is 38.5 Å². The normalized spacial score (nSPS) is 49.1. The smallest absolute Gasteiger partial charge is 0.302 e. The predicted octanol–water partition coefficient (Wildman–Crippen LogP) is 7.15. The average molecular weight is 529 g/mol. The van der Waals surface area contributed by atoms with Crippen LogP contribution in [0.5, 0.6) is 0 Å². The molecule has 5 rings (SSSR count). The van der Waals surface area contributed by atoms with E-state index in [2.05, 4.69) is 34.6 Å². The van der Waals surface area contributed by atoms with Gasteiger partial charge in [0.15, 0.2) is 0 Å². The lowest BCUT2D eigenvalue weighted by Gasteiger charge is -2.73. The van der Waals surface area contributed by atoms with Crippen molar-refractivity contribution in [1.82, 2.24) is 0 Å². The van der Waals surface area contributed by atoms with Crippen LogP contribution in [0.25, 0.3) is 0 Å². The molecule has 5 aliphatic carbocycles. The van der Waals surface area contributed by atoms with E-state index in [1.807, 2.05) is 0 Å². The first kappa shape index (κ1) is 28.1. The molecule has 5 fully saturated rings. The molecule has 0 aromatic carbocycles. The van der Waals surface area contributed by atoms with Crippen LogP contribution in [0.1, 0.15) is 120 Å². The maximum atomic E-state index is 13.0. The Labute approximate surface area is 230 Å². The second kappa shape index (κ2) is 9.06. The minimum Gasteiger partial charge on any atom is -0.465 e. The molecule has 0 radical (unpaired) electrons. The molecule has 5 saturated carbocycles. The van der Waals surface area contributed by atoms with E-state index in [0.29, 0.717) is 36.1 Å². The summed E-state index contributed by atoms with van der Waals surface area (Å²) in [4.78, 5) is 36.8. The topological polar surface area (TPSA) is 69.7 Å². The standard InChI is InChI=1S/C33H52O5/c1-20(34)23-11-16-33(19-37-21(2)35)18-17-31(7)24(28(23)33)9-10-26-30(6)14-13-27(38-22(3)36)29(4,5)25(30)12-15-32(26,31)8/h23-28H,9-19H2,1-8H3/t23-,24+,25-,26-,27-,28-,30-,31+,32+,33+/m0/s1. The highest BCUT2D eigenvalue weighted by molar-refractivity contribution is 5.79. The number of rotatable bonds is 4. The molecule has 0 aliphatic heterocycles. The Balaban J connectivity index is 1.49. The van der Waals surface area contributed by atoms with Gasteiger partial charge in [-0.2, -0.15) is 0 Å². The number of carbonyl (C=O) groups excluding carboxylic acids is 3. The molecular weight excluding hydrogens is 476 g/mol. The van der Waals surface area contributed by atoms with Crippen molar-refractivity contribution in [1.29, 1.82) is 0 Å². The average Bonchev–Trinajstić information content (AvgIpc) is 3.20. The summed E-state index contributed by atoms with van der Waals surface area (Å²) < 4.78 is 11.6. The summed E-state index contributed by atoms with van der Waals surface area (Å²) >= 11 is 0. The number of fused-ring (bicyclic) bond motifs is 7. The van der Waals surface area contributed by atoms with E-state index >= 15 is 0 Å². The van der Waals surface area contributed by atoms with Crippen LogP contribution >= 0.6 is 0 Å². The Morgan fingerprint density at radius 1 is 0.711 bits per heavy atom. The van der Waals surface area contributed by atoms with Crippen LogP contribution in [-0.2, 0) is 23.9 Å². The highest BCUT2D eigenvalue weighted by atomic mass is 16.5. The van der Waals surface area contributed by atoms with Crippen molar-refractivity contribution in [3.63, 3.8) is 0 Å². The van der Waals surface area contributed by atoms with Gasteiger partial charge in [-0.1, -0.05) is 34.6 Å². The lowest BCUT2D eigenvalue weighted by atomic mass is 9.32. The summed E-state index contributed by atoms with van der Waals surface area (Å²) in [6, 6.07) is 0. The molecule has 214 valence electrons. The van der Waals surface area contributed by atoms with E-state index in [-0.39, 0.29) is 51.0 Å². The summed E-state index contributed by atoms with van der Waals surface area (Å²) in [5.41, 5.74) is 0.532. The molecule has 0 amide bonds. The molecule has 0 heterocycles. The molecule has 5 nitrogen and oxygen atoms in total. The van der Waals surface area contributed by atoms with Crippen LogP contribution in [0.2, 0.25) is 0 Å². The second-order valence-electron chi connectivity index (χ2n) is 15.6. The minimum absolute atomic E-state index is 0.000688. The summed E-state index contributed by atoms with van der Waals surface area (Å²) in [7, 11) is 0. The zero-order valence-corrected chi connectivity index (χ0v) is 25.3. The molecule has 0 aromatic rings. The van der Waals surface area contributed by atoms with Crippen molar-refractivity contribution in [3.8, 4) is 0 Å². The SMILES string of the molecule is CC(=O)OC[C@]12CC[C@@H](C(C)=O)[C@H]1[C@H]1CC[C@H]3[C@@]4(C)CC[C@H](OC(C)=O)C(C)(C)[C@@H]4CC[C@@]3(C)[C@]1(C)CC2. The molecule has 0 aromatic heterocycles. The van der Waals surface area contributed by atoms with Crippen molar-refractivity contribution in [2.75, 3.05) is 6.61 Å². The van der Waals surface area contributed by atoms with Crippen molar-refractivity contribution in [3.05, 3.63) is 0 Å². The van der Waals surface area contributed by atoms with E-state index < -0.39 is 0 Å². The number of hydrogen-bond donors (Lipinski definition) is 0. The van der Waals surface area contributed by atoms with E-state index in [9.17, 15) is 14.4 Å². The quantitative estimate of drug-likeness (QED) is 0.362. The molecule has 10 atom stereocenters. The van der Waals surface area contributed by atoms with E-state index in [1.165, 1.54) is 32.6 Å². The summed E-state index contributed by atoms with van der Waals surface area (Å²) in [6.45, 7) is 17.8. The van der Waals surface area contributed by atoms with Crippen LogP contribution in [0.3, 0.4) is 0 Å². The third-order valence-corrected chi connectivity index (χ3v) is 13.9. The molecule has 0 N–H and O–H groups in total. The van der Waals surface area contributed by atoms with E-state index in [4.69, 9.17) is 9.47 Å². The fraction of sp³-hybridized carbons (Fsp3) is 0.909. The summed E-state index contributed by atoms with van der Waals surface area (Å²) in [5, 5.41) is 0. The van der Waals surface area contributed by atoms with E-state index in [1.54, 1.807) is 13.8 Å². The van der Waals surface area contributed by atoms with Gasteiger partial charge < -0.3 is 9.47 Å². The van der Waals surface area contributed by atoms with Gasteiger partial charge in [0.1, 0.15) is 11.9 Å². The van der Waals surface area contributed by atoms with Gasteiger partial charge in [-0.05, 0) is 111 Å². The Morgan fingerprint density at radius 2 is 1.42 bits per heavy atom. The van der Waals surface area contributed by atoms with Crippen molar-refractivity contribution >= 4 is 17.7 Å². The number of hydrogen-bond acceptors (Lipinski definition) is 5. The first-order valence-electron chi connectivity index (χ1n) is 15.4. The van der Waals surface area contributed by atoms with Gasteiger partial charge in [-0.25, -0.2) is 0 Å². The number of carbonyl (C=O) groups is 3. The van der Waals surface area contributed by atoms with Gasteiger partial charge in [0.05, 0.1) is 6.61 Å². The predicted molar refractivity (Wildman–Crippen MR) is 147 cm³/mol. The highest BCUT2D eigenvalue weighted by Gasteiger charge is 2.71. The van der Waals surface area contributed by atoms with Crippen molar-refractivity contribution in [2.24, 2.45) is 56.7 Å². The molecule has 0 saturated heterocycles. The summed E-state index contributed by atoms with van der Waals surface area (Å²) in [5.74, 6) is 2.05. The van der Waals surface area contributed by atoms with Crippen molar-refractivity contribution < 1.29 is 23.9 Å². The van der Waals surface area contributed by atoms with Crippen LogP contribution in [0.4, 0.5) is 0 Å². The van der Waals surface area contributed by atoms with Gasteiger partial charge in [-0.3, -0.25) is 14.4 Å². The fourth-order valence-electron chi connectivity index (χ4n) is 12.1. The van der Waals surface area contributed by atoms with Gasteiger partial charge >= 0.3 is 11.9 Å². The molecule has 0 spiro atoms. The van der Waals surface area contributed by atoms with Gasteiger partial charge in [0, 0.05) is 30.6 Å². The third kappa shape index (κ3) is 3.79. The molecule has 38 heavy (non-hydrogen) atoms. The Bertz CT molecular complexity index is 1000. The van der Waals surface area contributed by atoms with Gasteiger partial charge in [0.2, 0.25) is 0 Å². The number of Topliss-reactive ketones (excluding diaryl/α,β-unsaturated/α-hetero) is 1. The van der Waals surface area contributed by atoms with Crippen LogP contribution in [-0.4, -0.2) is 30.4 Å². The first-order chi connectivity index (χ1) is 17.6. The monoisotopic (exact) mass is 528 g/mol. The fourth-order valence-corrected chi connectivity index (χ4v) is 12.1. The minimum atomic E-state index is -0.202. The molecule has 5 heteroatoms. The molecular formula is C33H52O5. The Morgan fingerprint density at radius 3 is 2.05 bits per heavy atom. The van der Waals surface area contributed by atoms with Crippen molar-refractivity contribution in [2.45, 2.75) is 126 Å². The zero-order chi connectivity index (χ0) is 27.9. The lowest BCUT2D eigenvalue weighted by molar-refractivity contribution is -0.252. The third-order valence-electron chi connectivity index (χ3n) is 13.9. The molecule has 0 unspecified atom stereocenters. The zero-order valence-electron chi connectivity index (χ0n) is 25.3. The maximum absolute atomic E-state index is 13.0. The lowest BCUT2D eigenvalue weighted by Crippen LogP contribution is -2.67. The van der Waals surface area contributed by atoms with Crippen LogP contribution in [0.15, 0.2) is 0 Å². The van der Waals surface area contributed by atoms with Gasteiger partial charge in [0.25, 0.3) is 0 Å². The molecule has 0 bridgehead atoms. The first-order valence-corrected chi connectivity index (χ1v) is 15.4. The summed E-state index contributed by atoms with van der Waals surface area (Å²) in [6.07, 6.45) is 11.0. The Hall–Kier alpha value is -1.39. The van der Waals surface area contributed by atoms with Gasteiger partial charge in [-0.15, -0.1) is 0 Å². The van der Waals surface area contributed by atoms with Crippen LogP contribution in [0, 0.1) is 56.7 Å².